The monoisotopic (exact) mass is 437 g/mol. The Bertz CT molecular complexity index is 950. The number of carbonyl (C=O) groups excluding carboxylic acids is 1. The Balaban J connectivity index is 1.91. The maximum atomic E-state index is 12.7. The molecule has 0 N–H and O–H groups in total. The van der Waals surface area contributed by atoms with Gasteiger partial charge in [0, 0.05) is 17.6 Å². The molecule has 138 valence electrons. The van der Waals surface area contributed by atoms with Crippen molar-refractivity contribution in [2.45, 2.75) is 31.6 Å². The summed E-state index contributed by atoms with van der Waals surface area (Å²) in [5.41, 5.74) is 2.10. The molecule has 1 heterocycles. The van der Waals surface area contributed by atoms with E-state index in [1.54, 1.807) is 12.1 Å². The molecular formula is C19H20BrNO4S. The van der Waals surface area contributed by atoms with Crippen molar-refractivity contribution in [2.75, 3.05) is 13.1 Å². The number of sulfonamides is 1. The molecule has 0 spiro atoms. The number of hydrogen-bond donors (Lipinski definition) is 0. The van der Waals surface area contributed by atoms with Gasteiger partial charge in [-0.2, -0.15) is 4.31 Å². The van der Waals surface area contributed by atoms with E-state index in [9.17, 15) is 13.2 Å². The molecule has 5 nitrogen and oxygen atoms in total. The van der Waals surface area contributed by atoms with Crippen LogP contribution in [0.5, 0.6) is 5.75 Å². The number of nitrogens with zero attached hydrogens (tertiary/aromatic N) is 1. The Hall–Kier alpha value is -1.70. The number of benzene rings is 2. The minimum atomic E-state index is -3.59. The van der Waals surface area contributed by atoms with Crippen molar-refractivity contribution in [3.8, 4) is 5.75 Å². The van der Waals surface area contributed by atoms with Crippen LogP contribution >= 0.6 is 15.9 Å². The first-order chi connectivity index (χ1) is 12.3. The predicted molar refractivity (Wildman–Crippen MR) is 103 cm³/mol. The van der Waals surface area contributed by atoms with E-state index >= 15 is 0 Å². The van der Waals surface area contributed by atoms with Crippen molar-refractivity contribution in [3.63, 3.8) is 0 Å². The lowest BCUT2D eigenvalue weighted by Gasteiger charge is -2.16. The maximum Gasteiger partial charge on any atom is 0.344 e. The quantitative estimate of drug-likeness (QED) is 0.534. The molecule has 0 bridgehead atoms. The smallest absolute Gasteiger partial charge is 0.344 e. The van der Waals surface area contributed by atoms with E-state index in [0.717, 1.165) is 24.0 Å². The predicted octanol–water partition coefficient (Wildman–Crippen LogP) is 4.07. The second-order valence-electron chi connectivity index (χ2n) is 6.41. The molecule has 0 aromatic heterocycles. The van der Waals surface area contributed by atoms with Gasteiger partial charge in [0.2, 0.25) is 10.0 Å². The molecule has 3 rings (SSSR count). The van der Waals surface area contributed by atoms with Crippen LogP contribution in [0.2, 0.25) is 0 Å². The van der Waals surface area contributed by atoms with E-state index in [1.165, 1.54) is 16.4 Å². The van der Waals surface area contributed by atoms with Crippen LogP contribution in [0.1, 0.15) is 34.3 Å². The van der Waals surface area contributed by atoms with Gasteiger partial charge in [-0.3, -0.25) is 0 Å². The van der Waals surface area contributed by atoms with Gasteiger partial charge in [-0.1, -0.05) is 17.7 Å². The lowest BCUT2D eigenvalue weighted by atomic mass is 10.1. The molecule has 0 atom stereocenters. The number of hydrogen-bond acceptors (Lipinski definition) is 4. The van der Waals surface area contributed by atoms with Gasteiger partial charge in [-0.15, -0.1) is 0 Å². The normalized spacial score (nSPS) is 15.2. The Morgan fingerprint density at radius 1 is 1.08 bits per heavy atom. The van der Waals surface area contributed by atoms with Gasteiger partial charge in [-0.05, 0) is 72.4 Å². The fraction of sp³-hybridized carbons (Fsp3) is 0.316. The summed E-state index contributed by atoms with van der Waals surface area (Å²) < 4.78 is 32.9. The number of ether oxygens (including phenoxy) is 1. The van der Waals surface area contributed by atoms with Crippen molar-refractivity contribution in [1.29, 1.82) is 0 Å². The molecule has 0 amide bonds. The molecule has 1 aliphatic heterocycles. The molecule has 2 aromatic rings. The second kappa shape index (κ2) is 7.50. The fourth-order valence-corrected chi connectivity index (χ4v) is 4.92. The summed E-state index contributed by atoms with van der Waals surface area (Å²) in [6.07, 6.45) is 1.72. The SMILES string of the molecule is Cc1ccc(OC(=O)c2cc(S(=O)(=O)N3CCCC3)ccc2Br)c(C)c1. The third-order valence-corrected chi connectivity index (χ3v) is 6.98. The molecule has 1 aliphatic rings. The minimum absolute atomic E-state index is 0.107. The number of aryl methyl sites for hydroxylation is 2. The summed E-state index contributed by atoms with van der Waals surface area (Å²) in [7, 11) is -3.59. The van der Waals surface area contributed by atoms with Crippen LogP contribution in [-0.2, 0) is 10.0 Å². The van der Waals surface area contributed by atoms with Gasteiger partial charge in [0.25, 0.3) is 0 Å². The van der Waals surface area contributed by atoms with E-state index in [2.05, 4.69) is 15.9 Å². The van der Waals surface area contributed by atoms with Crippen molar-refractivity contribution >= 4 is 31.9 Å². The molecule has 0 radical (unpaired) electrons. The number of rotatable bonds is 4. The van der Waals surface area contributed by atoms with Gasteiger partial charge in [0.15, 0.2) is 0 Å². The largest absolute Gasteiger partial charge is 0.423 e. The van der Waals surface area contributed by atoms with E-state index in [4.69, 9.17) is 4.74 Å². The van der Waals surface area contributed by atoms with E-state index in [-0.39, 0.29) is 10.5 Å². The van der Waals surface area contributed by atoms with Crippen LogP contribution in [0.25, 0.3) is 0 Å². The first kappa shape index (κ1) is 19.1. The Morgan fingerprint density at radius 3 is 2.42 bits per heavy atom. The third kappa shape index (κ3) is 3.84. The van der Waals surface area contributed by atoms with Crippen LogP contribution in [0.4, 0.5) is 0 Å². The van der Waals surface area contributed by atoms with Gasteiger partial charge in [0.1, 0.15) is 5.75 Å². The van der Waals surface area contributed by atoms with Crippen LogP contribution in [0.15, 0.2) is 45.8 Å². The van der Waals surface area contributed by atoms with Crippen LogP contribution in [0.3, 0.4) is 0 Å². The summed E-state index contributed by atoms with van der Waals surface area (Å²) in [4.78, 5) is 12.7. The van der Waals surface area contributed by atoms with Crippen LogP contribution < -0.4 is 4.74 Å². The average Bonchev–Trinajstić information content (AvgIpc) is 3.13. The second-order valence-corrected chi connectivity index (χ2v) is 9.20. The number of carbonyl (C=O) groups is 1. The fourth-order valence-electron chi connectivity index (χ4n) is 2.97. The first-order valence-corrected chi connectivity index (χ1v) is 10.6. The minimum Gasteiger partial charge on any atom is -0.423 e. The topological polar surface area (TPSA) is 63.7 Å². The third-order valence-electron chi connectivity index (χ3n) is 4.39. The van der Waals surface area contributed by atoms with E-state index in [1.807, 2.05) is 26.0 Å². The Morgan fingerprint density at radius 2 is 1.77 bits per heavy atom. The van der Waals surface area contributed by atoms with Gasteiger partial charge >= 0.3 is 5.97 Å². The summed E-state index contributed by atoms with van der Waals surface area (Å²) in [6.45, 7) is 4.85. The Kier molecular flexibility index (Phi) is 5.50. The van der Waals surface area contributed by atoms with Crippen molar-refractivity contribution in [1.82, 2.24) is 4.31 Å². The molecule has 2 aromatic carbocycles. The van der Waals surface area contributed by atoms with E-state index < -0.39 is 16.0 Å². The van der Waals surface area contributed by atoms with Gasteiger partial charge in [-0.25, -0.2) is 13.2 Å². The zero-order valence-corrected chi connectivity index (χ0v) is 17.1. The zero-order chi connectivity index (χ0) is 18.9. The molecule has 7 heteroatoms. The van der Waals surface area contributed by atoms with Crippen LogP contribution in [0, 0.1) is 13.8 Å². The summed E-state index contributed by atoms with van der Waals surface area (Å²) in [6, 6.07) is 9.98. The van der Waals surface area contributed by atoms with Crippen molar-refractivity contribution in [3.05, 3.63) is 57.6 Å². The highest BCUT2D eigenvalue weighted by Gasteiger charge is 2.28. The van der Waals surface area contributed by atoms with Gasteiger partial charge in [0.05, 0.1) is 10.5 Å². The molecule has 1 fully saturated rings. The number of esters is 1. The highest BCUT2D eigenvalue weighted by molar-refractivity contribution is 9.10. The van der Waals surface area contributed by atoms with Crippen molar-refractivity contribution < 1.29 is 17.9 Å². The maximum absolute atomic E-state index is 12.7. The van der Waals surface area contributed by atoms with Crippen LogP contribution in [-0.4, -0.2) is 31.8 Å². The molecule has 1 saturated heterocycles. The molecule has 26 heavy (non-hydrogen) atoms. The number of halogens is 1. The van der Waals surface area contributed by atoms with Gasteiger partial charge < -0.3 is 4.74 Å². The molecule has 0 aliphatic carbocycles. The van der Waals surface area contributed by atoms with Crippen molar-refractivity contribution in [2.24, 2.45) is 0 Å². The summed E-state index contributed by atoms with van der Waals surface area (Å²) in [5.74, 6) is -0.136. The Labute approximate surface area is 162 Å². The lowest BCUT2D eigenvalue weighted by Crippen LogP contribution is -2.28. The standard InChI is InChI=1S/C19H20BrNO4S/c1-13-5-8-18(14(2)11-13)25-19(22)16-12-15(6-7-17(16)20)26(23,24)21-9-3-4-10-21/h5-8,11-12H,3-4,9-10H2,1-2H3. The molecule has 0 unspecified atom stereocenters. The van der Waals surface area contributed by atoms with E-state index in [0.29, 0.717) is 23.3 Å². The highest BCUT2D eigenvalue weighted by Crippen LogP contribution is 2.27. The summed E-state index contributed by atoms with van der Waals surface area (Å²) in [5, 5.41) is 0. The summed E-state index contributed by atoms with van der Waals surface area (Å²) >= 11 is 3.32. The molecular weight excluding hydrogens is 418 g/mol. The lowest BCUT2D eigenvalue weighted by molar-refractivity contribution is 0.0732. The average molecular weight is 438 g/mol. The highest BCUT2D eigenvalue weighted by atomic mass is 79.9. The zero-order valence-electron chi connectivity index (χ0n) is 14.7. The molecule has 0 saturated carbocycles. The first-order valence-electron chi connectivity index (χ1n) is 8.38.